The molecule has 2 aromatic rings. The molecule has 2 fully saturated rings. The Balaban J connectivity index is 1.61. The van der Waals surface area contributed by atoms with Gasteiger partial charge in [0.2, 0.25) is 0 Å². The second-order valence-electron chi connectivity index (χ2n) is 7.44. The number of carbonyl (C=O) groups excluding carboxylic acids is 2. The van der Waals surface area contributed by atoms with Crippen LogP contribution in [0.3, 0.4) is 0 Å². The minimum Gasteiger partial charge on any atom is -0.497 e. The second kappa shape index (κ2) is 7.95. The first-order valence-electron chi connectivity index (χ1n) is 9.77. The van der Waals surface area contributed by atoms with Crippen LogP contribution in [0.2, 0.25) is 0 Å². The first kappa shape index (κ1) is 19.0. The average Bonchev–Trinajstić information content (AvgIpc) is 3.59. The molecular weight excluding hydrogens is 364 g/mol. The molecule has 1 unspecified atom stereocenters. The second-order valence-corrected chi connectivity index (χ2v) is 7.44. The van der Waals surface area contributed by atoms with Gasteiger partial charge in [0.25, 0.3) is 11.8 Å². The van der Waals surface area contributed by atoms with E-state index in [0.29, 0.717) is 11.6 Å². The predicted octanol–water partition coefficient (Wildman–Crippen LogP) is 3.49. The molecule has 5 nitrogen and oxygen atoms in total. The smallest absolute Gasteiger partial charge is 0.268 e. The number of benzene rings is 2. The van der Waals surface area contributed by atoms with Gasteiger partial charge in [0.1, 0.15) is 17.5 Å². The first-order valence-corrected chi connectivity index (χ1v) is 9.77. The van der Waals surface area contributed by atoms with Gasteiger partial charge in [-0.15, -0.1) is 0 Å². The van der Waals surface area contributed by atoms with Crippen molar-refractivity contribution in [1.29, 1.82) is 0 Å². The van der Waals surface area contributed by atoms with Gasteiger partial charge in [-0.2, -0.15) is 0 Å². The number of nitrogens with zero attached hydrogens (tertiary/aromatic N) is 1. The van der Waals surface area contributed by atoms with Crippen molar-refractivity contribution in [2.75, 3.05) is 14.2 Å². The fourth-order valence-electron chi connectivity index (χ4n) is 3.57. The van der Waals surface area contributed by atoms with Crippen molar-refractivity contribution < 1.29 is 14.3 Å². The predicted molar refractivity (Wildman–Crippen MR) is 113 cm³/mol. The highest BCUT2D eigenvalue weighted by Gasteiger charge is 2.41. The van der Waals surface area contributed by atoms with E-state index in [1.165, 1.54) is 4.90 Å². The fourth-order valence-corrected chi connectivity index (χ4v) is 3.57. The highest BCUT2D eigenvalue weighted by Crippen LogP contribution is 2.40. The van der Waals surface area contributed by atoms with Gasteiger partial charge >= 0.3 is 0 Å². The maximum Gasteiger partial charge on any atom is 0.268 e. The molecule has 148 valence electrons. The van der Waals surface area contributed by atoms with Crippen LogP contribution in [-0.2, 0) is 9.59 Å². The number of amides is 2. The van der Waals surface area contributed by atoms with Gasteiger partial charge in [-0.25, -0.2) is 0 Å². The Morgan fingerprint density at radius 1 is 1.03 bits per heavy atom. The van der Waals surface area contributed by atoms with Crippen LogP contribution >= 0.6 is 0 Å². The summed E-state index contributed by atoms with van der Waals surface area (Å²) in [6, 6.07) is 16.7. The molecule has 0 bridgehead atoms. The van der Waals surface area contributed by atoms with Crippen molar-refractivity contribution in [2.24, 2.45) is 5.92 Å². The SMILES string of the molecule is COc1ccc(C=C2C(=O)NC(C(=Cc3ccccc3)C3CC3)C(=O)N2C)cc1. The number of hydrogen-bond acceptors (Lipinski definition) is 3. The zero-order valence-corrected chi connectivity index (χ0v) is 16.6. The van der Waals surface area contributed by atoms with E-state index in [4.69, 9.17) is 4.74 Å². The van der Waals surface area contributed by atoms with E-state index in [9.17, 15) is 9.59 Å². The Hall–Kier alpha value is -3.34. The molecule has 0 spiro atoms. The van der Waals surface area contributed by atoms with E-state index >= 15 is 0 Å². The van der Waals surface area contributed by atoms with E-state index in [-0.39, 0.29) is 11.8 Å². The third kappa shape index (κ3) is 4.09. The van der Waals surface area contributed by atoms with Gasteiger partial charge in [0.15, 0.2) is 0 Å². The number of hydrogen-bond donors (Lipinski definition) is 1. The maximum atomic E-state index is 13.1. The highest BCUT2D eigenvalue weighted by atomic mass is 16.5. The number of methoxy groups -OCH3 is 1. The van der Waals surface area contributed by atoms with Crippen LogP contribution in [0.5, 0.6) is 5.75 Å². The lowest BCUT2D eigenvalue weighted by Gasteiger charge is -2.33. The monoisotopic (exact) mass is 388 g/mol. The van der Waals surface area contributed by atoms with Crippen molar-refractivity contribution >= 4 is 24.0 Å². The Bertz CT molecular complexity index is 973. The summed E-state index contributed by atoms with van der Waals surface area (Å²) in [5, 5.41) is 2.94. The third-order valence-corrected chi connectivity index (χ3v) is 5.38. The normalized spacial score (nSPS) is 21.3. The van der Waals surface area contributed by atoms with Gasteiger partial charge in [0.05, 0.1) is 7.11 Å². The standard InChI is InChI=1S/C24H24N2O3/c1-26-21(15-17-8-12-19(29-2)13-9-17)23(27)25-22(24(26)28)20(18-10-11-18)14-16-6-4-3-5-7-16/h3-9,12-15,18,22H,10-11H2,1-2H3,(H,25,27). The van der Waals surface area contributed by atoms with E-state index in [1.807, 2.05) is 60.7 Å². The summed E-state index contributed by atoms with van der Waals surface area (Å²) in [6.45, 7) is 0. The number of rotatable bonds is 5. The fraction of sp³-hybridized carbons (Fsp3) is 0.250. The molecule has 0 radical (unpaired) electrons. The van der Waals surface area contributed by atoms with Crippen molar-refractivity contribution in [3.05, 3.63) is 77.0 Å². The molecule has 2 amide bonds. The van der Waals surface area contributed by atoms with Gasteiger partial charge in [0, 0.05) is 7.05 Å². The molecular formula is C24H24N2O3. The Labute approximate surface area is 170 Å². The molecule has 1 atom stereocenters. The highest BCUT2D eigenvalue weighted by molar-refractivity contribution is 6.08. The summed E-state index contributed by atoms with van der Waals surface area (Å²) in [5.41, 5.74) is 3.20. The van der Waals surface area contributed by atoms with Crippen molar-refractivity contribution in [1.82, 2.24) is 10.2 Å². The van der Waals surface area contributed by atoms with Gasteiger partial charge in [-0.1, -0.05) is 48.5 Å². The lowest BCUT2D eigenvalue weighted by molar-refractivity contribution is -0.137. The minimum atomic E-state index is -0.617. The summed E-state index contributed by atoms with van der Waals surface area (Å²) in [4.78, 5) is 27.5. The lowest BCUT2D eigenvalue weighted by atomic mass is 9.95. The summed E-state index contributed by atoms with van der Waals surface area (Å²) < 4.78 is 5.17. The number of carbonyl (C=O) groups is 2. The molecule has 1 saturated heterocycles. The topological polar surface area (TPSA) is 58.6 Å². The summed E-state index contributed by atoms with van der Waals surface area (Å²) >= 11 is 0. The molecule has 1 aliphatic carbocycles. The van der Waals surface area contributed by atoms with Crippen LogP contribution in [0, 0.1) is 5.92 Å². The molecule has 2 aromatic carbocycles. The molecule has 0 aromatic heterocycles. The van der Waals surface area contributed by atoms with Crippen LogP contribution in [0.15, 0.2) is 65.9 Å². The summed E-state index contributed by atoms with van der Waals surface area (Å²) in [6.07, 6.45) is 5.88. The van der Waals surface area contributed by atoms with Crippen LogP contribution in [0.4, 0.5) is 0 Å². The van der Waals surface area contributed by atoms with Gasteiger partial charge in [-0.3, -0.25) is 9.59 Å². The quantitative estimate of drug-likeness (QED) is 0.798. The number of piperazine rings is 1. The average molecular weight is 388 g/mol. The Morgan fingerprint density at radius 3 is 2.34 bits per heavy atom. The molecule has 2 aliphatic rings. The molecule has 1 saturated carbocycles. The summed E-state index contributed by atoms with van der Waals surface area (Å²) in [5.74, 6) is 0.737. The largest absolute Gasteiger partial charge is 0.497 e. The van der Waals surface area contributed by atoms with E-state index < -0.39 is 6.04 Å². The Morgan fingerprint density at radius 2 is 1.72 bits per heavy atom. The van der Waals surface area contributed by atoms with Gasteiger partial charge in [-0.05, 0) is 53.7 Å². The Kier molecular flexibility index (Phi) is 5.21. The third-order valence-electron chi connectivity index (χ3n) is 5.38. The van der Waals surface area contributed by atoms with E-state index in [1.54, 1.807) is 20.2 Å². The maximum absolute atomic E-state index is 13.1. The van der Waals surface area contributed by atoms with Crippen molar-refractivity contribution in [2.45, 2.75) is 18.9 Å². The number of ether oxygens (including phenoxy) is 1. The molecule has 1 heterocycles. The first-order chi connectivity index (χ1) is 14.1. The summed E-state index contributed by atoms with van der Waals surface area (Å²) in [7, 11) is 3.27. The zero-order valence-electron chi connectivity index (χ0n) is 16.6. The number of nitrogens with one attached hydrogen (secondary N) is 1. The van der Waals surface area contributed by atoms with Gasteiger partial charge < -0.3 is 15.0 Å². The molecule has 29 heavy (non-hydrogen) atoms. The van der Waals surface area contributed by atoms with Crippen molar-refractivity contribution in [3.63, 3.8) is 0 Å². The van der Waals surface area contributed by atoms with Crippen molar-refractivity contribution in [3.8, 4) is 5.75 Å². The zero-order chi connectivity index (χ0) is 20.4. The molecule has 1 N–H and O–H groups in total. The van der Waals surface area contributed by atoms with Crippen LogP contribution < -0.4 is 10.1 Å². The molecule has 5 heteroatoms. The number of likely N-dealkylation sites (N-methyl/N-ethyl adjacent to an activating group) is 1. The molecule has 4 rings (SSSR count). The lowest BCUT2D eigenvalue weighted by Crippen LogP contribution is -2.56. The molecule has 1 aliphatic heterocycles. The van der Waals surface area contributed by atoms with E-state index in [0.717, 1.165) is 35.3 Å². The van der Waals surface area contributed by atoms with Crippen LogP contribution in [0.25, 0.3) is 12.2 Å². The van der Waals surface area contributed by atoms with E-state index in [2.05, 4.69) is 5.32 Å². The van der Waals surface area contributed by atoms with Crippen LogP contribution in [-0.4, -0.2) is 36.9 Å². The van der Waals surface area contributed by atoms with Crippen LogP contribution in [0.1, 0.15) is 24.0 Å². The minimum absolute atomic E-state index is 0.113.